The Bertz CT molecular complexity index is 479. The quantitative estimate of drug-likeness (QED) is 0.627. The van der Waals surface area contributed by atoms with Crippen molar-refractivity contribution in [2.45, 2.75) is 11.3 Å². The number of alkyl halides is 1. The highest BCUT2D eigenvalue weighted by Gasteiger charge is 2.14. The lowest BCUT2D eigenvalue weighted by Crippen LogP contribution is -2.09. The standard InChI is InChI=1S/C11H13ClO4S/c12-8-11(14)9-2-4-10(5-3-9)17(15,16)7-1-6-13/h2-5,13H,1,6-8H2. The molecule has 0 aliphatic heterocycles. The zero-order chi connectivity index (χ0) is 12.9. The molecule has 0 fully saturated rings. The van der Waals surface area contributed by atoms with Crippen LogP contribution in [0, 0.1) is 0 Å². The molecular weight excluding hydrogens is 264 g/mol. The van der Waals surface area contributed by atoms with Gasteiger partial charge < -0.3 is 5.11 Å². The van der Waals surface area contributed by atoms with Gasteiger partial charge in [0.1, 0.15) is 0 Å². The number of sulfone groups is 1. The highest BCUT2D eigenvalue weighted by molar-refractivity contribution is 7.91. The van der Waals surface area contributed by atoms with E-state index < -0.39 is 9.84 Å². The fourth-order valence-electron chi connectivity index (χ4n) is 1.30. The summed E-state index contributed by atoms with van der Waals surface area (Å²) in [5, 5.41) is 8.60. The summed E-state index contributed by atoms with van der Waals surface area (Å²) in [6.45, 7) is -0.165. The topological polar surface area (TPSA) is 71.4 Å². The summed E-state index contributed by atoms with van der Waals surface area (Å²) in [5.74, 6) is -0.478. The molecule has 1 rings (SSSR count). The maximum absolute atomic E-state index is 11.7. The Kier molecular flexibility index (Phi) is 5.11. The van der Waals surface area contributed by atoms with Crippen LogP contribution in [0.4, 0.5) is 0 Å². The van der Waals surface area contributed by atoms with Gasteiger partial charge in [-0.05, 0) is 18.6 Å². The number of rotatable bonds is 6. The lowest BCUT2D eigenvalue weighted by molar-refractivity contribution is 0.102. The number of carbonyl (C=O) groups is 1. The van der Waals surface area contributed by atoms with E-state index >= 15 is 0 Å². The molecule has 1 aromatic carbocycles. The highest BCUT2D eigenvalue weighted by atomic mass is 35.5. The molecule has 4 nitrogen and oxygen atoms in total. The summed E-state index contributed by atoms with van der Waals surface area (Å²) in [4.78, 5) is 11.4. The molecule has 0 bridgehead atoms. The minimum Gasteiger partial charge on any atom is -0.396 e. The van der Waals surface area contributed by atoms with E-state index in [-0.39, 0.29) is 35.3 Å². The Morgan fingerprint density at radius 1 is 1.24 bits per heavy atom. The minimum atomic E-state index is -3.38. The Morgan fingerprint density at radius 3 is 2.29 bits per heavy atom. The van der Waals surface area contributed by atoms with Gasteiger partial charge in [-0.2, -0.15) is 0 Å². The number of benzene rings is 1. The average Bonchev–Trinajstić information content (AvgIpc) is 2.35. The van der Waals surface area contributed by atoms with Crippen molar-refractivity contribution in [3.05, 3.63) is 29.8 Å². The first-order valence-corrected chi connectivity index (χ1v) is 7.23. The van der Waals surface area contributed by atoms with Crippen molar-refractivity contribution in [2.24, 2.45) is 0 Å². The molecular formula is C11H13ClO4S. The van der Waals surface area contributed by atoms with E-state index in [2.05, 4.69) is 0 Å². The zero-order valence-electron chi connectivity index (χ0n) is 9.10. The second kappa shape index (κ2) is 6.14. The Balaban J connectivity index is 2.91. The van der Waals surface area contributed by atoms with Gasteiger partial charge in [0.2, 0.25) is 0 Å². The van der Waals surface area contributed by atoms with Crippen LogP contribution in [-0.4, -0.2) is 37.5 Å². The van der Waals surface area contributed by atoms with E-state index in [4.69, 9.17) is 16.7 Å². The number of aliphatic hydroxyl groups is 1. The van der Waals surface area contributed by atoms with Gasteiger partial charge in [-0.3, -0.25) is 4.79 Å². The summed E-state index contributed by atoms with van der Waals surface area (Å²) < 4.78 is 23.4. The van der Waals surface area contributed by atoms with Gasteiger partial charge >= 0.3 is 0 Å². The van der Waals surface area contributed by atoms with Gasteiger partial charge in [-0.1, -0.05) is 12.1 Å². The molecule has 0 unspecified atom stereocenters. The van der Waals surface area contributed by atoms with Crippen LogP contribution in [0.1, 0.15) is 16.8 Å². The summed E-state index contributed by atoms with van der Waals surface area (Å²) in [6, 6.07) is 5.64. The predicted molar refractivity (Wildman–Crippen MR) is 65.2 cm³/mol. The Labute approximate surface area is 105 Å². The van der Waals surface area contributed by atoms with Crippen LogP contribution in [0.25, 0.3) is 0 Å². The van der Waals surface area contributed by atoms with Gasteiger partial charge in [0.25, 0.3) is 0 Å². The van der Waals surface area contributed by atoms with Crippen molar-refractivity contribution < 1.29 is 18.3 Å². The fraction of sp³-hybridized carbons (Fsp3) is 0.364. The first-order valence-electron chi connectivity index (χ1n) is 5.04. The van der Waals surface area contributed by atoms with Crippen molar-refractivity contribution in [1.82, 2.24) is 0 Å². The van der Waals surface area contributed by atoms with Crippen LogP contribution in [0.5, 0.6) is 0 Å². The number of carbonyl (C=O) groups excluding carboxylic acids is 1. The zero-order valence-corrected chi connectivity index (χ0v) is 10.7. The monoisotopic (exact) mass is 276 g/mol. The van der Waals surface area contributed by atoms with Crippen molar-refractivity contribution in [3.8, 4) is 0 Å². The SMILES string of the molecule is O=C(CCl)c1ccc(S(=O)(=O)CCCO)cc1. The smallest absolute Gasteiger partial charge is 0.178 e. The maximum atomic E-state index is 11.7. The molecule has 1 aromatic rings. The van der Waals surface area contributed by atoms with Crippen LogP contribution in [0.15, 0.2) is 29.2 Å². The number of halogens is 1. The van der Waals surface area contributed by atoms with Crippen molar-refractivity contribution in [2.75, 3.05) is 18.2 Å². The molecule has 0 heterocycles. The molecule has 0 radical (unpaired) electrons. The van der Waals surface area contributed by atoms with E-state index in [0.717, 1.165) is 0 Å². The summed E-state index contributed by atoms with van der Waals surface area (Å²) in [7, 11) is -3.38. The molecule has 0 aromatic heterocycles. The van der Waals surface area contributed by atoms with Crippen LogP contribution < -0.4 is 0 Å². The molecule has 0 atom stereocenters. The summed E-state index contributed by atoms with van der Waals surface area (Å²) >= 11 is 5.39. The maximum Gasteiger partial charge on any atom is 0.178 e. The van der Waals surface area contributed by atoms with Gasteiger partial charge in [0.05, 0.1) is 16.5 Å². The third-order valence-corrected chi connectivity index (χ3v) is 4.29. The lowest BCUT2D eigenvalue weighted by Gasteiger charge is -2.04. The van der Waals surface area contributed by atoms with Crippen LogP contribution >= 0.6 is 11.6 Å². The van der Waals surface area contributed by atoms with E-state index in [1.165, 1.54) is 24.3 Å². The molecule has 0 saturated heterocycles. The molecule has 0 aliphatic carbocycles. The van der Waals surface area contributed by atoms with E-state index in [1.54, 1.807) is 0 Å². The minimum absolute atomic E-state index is 0.105. The Hall–Kier alpha value is -0.910. The van der Waals surface area contributed by atoms with Gasteiger partial charge in [0.15, 0.2) is 15.6 Å². The molecule has 6 heteroatoms. The second-order valence-electron chi connectivity index (χ2n) is 3.48. The van der Waals surface area contributed by atoms with Crippen LogP contribution in [0.3, 0.4) is 0 Å². The number of aliphatic hydroxyl groups excluding tert-OH is 1. The summed E-state index contributed by atoms with van der Waals surface area (Å²) in [6.07, 6.45) is 0.199. The largest absolute Gasteiger partial charge is 0.396 e. The summed E-state index contributed by atoms with van der Waals surface area (Å²) in [5.41, 5.74) is 0.390. The molecule has 0 amide bonds. The number of ketones is 1. The lowest BCUT2D eigenvalue weighted by atomic mass is 10.1. The molecule has 0 spiro atoms. The van der Waals surface area contributed by atoms with Crippen molar-refractivity contribution in [1.29, 1.82) is 0 Å². The number of hydrogen-bond acceptors (Lipinski definition) is 4. The molecule has 0 aliphatic rings. The molecule has 0 saturated carbocycles. The third kappa shape index (κ3) is 3.80. The molecule has 94 valence electrons. The first kappa shape index (κ1) is 14.2. The predicted octanol–water partition coefficient (Wildman–Crippen LogP) is 1.26. The highest BCUT2D eigenvalue weighted by Crippen LogP contribution is 2.14. The van der Waals surface area contributed by atoms with E-state index in [9.17, 15) is 13.2 Å². The third-order valence-electron chi connectivity index (χ3n) is 2.23. The van der Waals surface area contributed by atoms with Gasteiger partial charge in [-0.15, -0.1) is 11.6 Å². The van der Waals surface area contributed by atoms with Gasteiger partial charge in [0, 0.05) is 12.2 Å². The Morgan fingerprint density at radius 2 is 1.82 bits per heavy atom. The molecule has 1 N–H and O–H groups in total. The van der Waals surface area contributed by atoms with E-state index in [1.807, 2.05) is 0 Å². The second-order valence-corrected chi connectivity index (χ2v) is 5.85. The van der Waals surface area contributed by atoms with E-state index in [0.29, 0.717) is 5.56 Å². The van der Waals surface area contributed by atoms with Crippen molar-refractivity contribution in [3.63, 3.8) is 0 Å². The van der Waals surface area contributed by atoms with Crippen molar-refractivity contribution >= 4 is 27.2 Å². The van der Waals surface area contributed by atoms with Crippen LogP contribution in [-0.2, 0) is 9.84 Å². The van der Waals surface area contributed by atoms with Gasteiger partial charge in [-0.25, -0.2) is 8.42 Å². The fourth-order valence-corrected chi connectivity index (χ4v) is 2.75. The van der Waals surface area contributed by atoms with Crippen LogP contribution in [0.2, 0.25) is 0 Å². The normalized spacial score (nSPS) is 11.4. The first-order chi connectivity index (χ1) is 8.01. The number of Topliss-reactive ketones (excluding diaryl/α,β-unsaturated/α-hetero) is 1. The molecule has 17 heavy (non-hydrogen) atoms. The number of hydrogen-bond donors (Lipinski definition) is 1. The average molecular weight is 277 g/mol.